The molecule has 37 heavy (non-hydrogen) atoms. The standard InChI is InChI=1S/C32H25NO4/c1-2-21-15-17-24(18-16-21)33-29(23-11-8-12-25(19-23)36-20-22-9-4-3-5-10-22)28-30(34)26-13-6-7-14-27(26)37-31(28)32(33)35/h3-19,29H,2,20H2,1H3. The van der Waals surface area contributed by atoms with Crippen molar-refractivity contribution in [2.45, 2.75) is 26.0 Å². The van der Waals surface area contributed by atoms with Crippen molar-refractivity contribution >= 4 is 22.6 Å². The van der Waals surface area contributed by atoms with E-state index in [0.717, 1.165) is 17.5 Å². The Bertz CT molecular complexity index is 1650. The van der Waals surface area contributed by atoms with Gasteiger partial charge in [0.25, 0.3) is 5.91 Å². The van der Waals surface area contributed by atoms with E-state index >= 15 is 0 Å². The zero-order valence-electron chi connectivity index (χ0n) is 20.4. The summed E-state index contributed by atoms with van der Waals surface area (Å²) in [6, 6.07) is 31.8. The van der Waals surface area contributed by atoms with Gasteiger partial charge in [0.15, 0.2) is 5.43 Å². The van der Waals surface area contributed by atoms with E-state index in [9.17, 15) is 9.59 Å². The van der Waals surface area contributed by atoms with E-state index in [-0.39, 0.29) is 17.1 Å². The monoisotopic (exact) mass is 487 g/mol. The maximum absolute atomic E-state index is 13.8. The lowest BCUT2D eigenvalue weighted by atomic mass is 9.98. The SMILES string of the molecule is CCc1ccc(N2C(=O)c3oc4ccccc4c(=O)c3C2c2cccc(OCc3ccccc3)c2)cc1. The van der Waals surface area contributed by atoms with Crippen LogP contribution in [0.1, 0.15) is 45.8 Å². The van der Waals surface area contributed by atoms with Crippen molar-refractivity contribution in [3.8, 4) is 5.75 Å². The number of amides is 1. The number of hydrogen-bond acceptors (Lipinski definition) is 4. The topological polar surface area (TPSA) is 59.8 Å². The van der Waals surface area contributed by atoms with E-state index in [1.807, 2.05) is 78.9 Å². The number of benzene rings is 4. The molecule has 1 aromatic heterocycles. The molecule has 0 aliphatic carbocycles. The smallest absolute Gasteiger partial charge is 0.295 e. The number of hydrogen-bond donors (Lipinski definition) is 0. The highest BCUT2D eigenvalue weighted by Gasteiger charge is 2.43. The third-order valence-corrected chi connectivity index (χ3v) is 6.82. The molecule has 0 fully saturated rings. The first-order chi connectivity index (χ1) is 18.1. The van der Waals surface area contributed by atoms with Crippen LogP contribution in [0.4, 0.5) is 5.69 Å². The maximum Gasteiger partial charge on any atom is 0.295 e. The van der Waals surface area contributed by atoms with Crippen molar-refractivity contribution in [1.29, 1.82) is 0 Å². The van der Waals surface area contributed by atoms with Gasteiger partial charge in [-0.2, -0.15) is 0 Å². The third kappa shape index (κ3) is 4.08. The van der Waals surface area contributed by atoms with Crippen LogP contribution in [0.25, 0.3) is 11.0 Å². The lowest BCUT2D eigenvalue weighted by Gasteiger charge is -2.25. The Morgan fingerprint density at radius 3 is 2.35 bits per heavy atom. The number of rotatable bonds is 6. The summed E-state index contributed by atoms with van der Waals surface area (Å²) in [7, 11) is 0. The number of ether oxygens (including phenoxy) is 1. The number of anilines is 1. The van der Waals surface area contributed by atoms with Gasteiger partial charge in [-0.1, -0.05) is 73.7 Å². The minimum Gasteiger partial charge on any atom is -0.489 e. The first-order valence-corrected chi connectivity index (χ1v) is 12.4. The number of nitrogens with zero attached hydrogens (tertiary/aromatic N) is 1. The first kappa shape index (κ1) is 22.8. The fraction of sp³-hybridized carbons (Fsp3) is 0.125. The van der Waals surface area contributed by atoms with Crippen LogP contribution in [-0.4, -0.2) is 5.91 Å². The van der Waals surface area contributed by atoms with E-state index in [0.29, 0.717) is 34.6 Å². The summed E-state index contributed by atoms with van der Waals surface area (Å²) in [4.78, 5) is 29.2. The van der Waals surface area contributed by atoms with E-state index in [2.05, 4.69) is 6.92 Å². The highest BCUT2D eigenvalue weighted by Crippen LogP contribution is 2.42. The summed E-state index contributed by atoms with van der Waals surface area (Å²) in [6.45, 7) is 2.50. The Morgan fingerprint density at radius 1 is 0.811 bits per heavy atom. The molecule has 1 aliphatic heterocycles. The van der Waals surface area contributed by atoms with Gasteiger partial charge in [0, 0.05) is 5.69 Å². The fourth-order valence-electron chi connectivity index (χ4n) is 4.91. The van der Waals surface area contributed by atoms with E-state index < -0.39 is 6.04 Å². The molecule has 182 valence electrons. The molecule has 5 heteroatoms. The van der Waals surface area contributed by atoms with Gasteiger partial charge in [-0.05, 0) is 59.5 Å². The summed E-state index contributed by atoms with van der Waals surface area (Å²) in [5.41, 5.74) is 4.26. The Hall–Kier alpha value is -4.64. The van der Waals surface area contributed by atoms with Crippen LogP contribution in [-0.2, 0) is 13.0 Å². The molecule has 0 saturated carbocycles. The first-order valence-electron chi connectivity index (χ1n) is 12.4. The van der Waals surface area contributed by atoms with Crippen LogP contribution in [0.15, 0.2) is 112 Å². The number of fused-ring (bicyclic) bond motifs is 2. The Morgan fingerprint density at radius 2 is 1.57 bits per heavy atom. The quantitative estimate of drug-likeness (QED) is 0.268. The number of carbonyl (C=O) groups excluding carboxylic acids is 1. The van der Waals surface area contributed by atoms with Gasteiger partial charge in [0.1, 0.15) is 17.9 Å². The van der Waals surface area contributed by atoms with E-state index in [1.165, 1.54) is 5.56 Å². The average molecular weight is 488 g/mol. The molecule has 1 unspecified atom stereocenters. The number of para-hydroxylation sites is 1. The van der Waals surface area contributed by atoms with Crippen LogP contribution < -0.4 is 15.1 Å². The Balaban J connectivity index is 1.48. The predicted octanol–water partition coefficient (Wildman–Crippen LogP) is 6.68. The molecule has 5 aromatic rings. The zero-order valence-corrected chi connectivity index (χ0v) is 20.4. The fourth-order valence-corrected chi connectivity index (χ4v) is 4.91. The highest BCUT2D eigenvalue weighted by atomic mass is 16.5. The highest BCUT2D eigenvalue weighted by molar-refractivity contribution is 6.10. The van der Waals surface area contributed by atoms with Gasteiger partial charge in [-0.3, -0.25) is 14.5 Å². The lowest BCUT2D eigenvalue weighted by Crippen LogP contribution is -2.29. The summed E-state index contributed by atoms with van der Waals surface area (Å²) >= 11 is 0. The lowest BCUT2D eigenvalue weighted by molar-refractivity contribution is 0.0971. The van der Waals surface area contributed by atoms with Crippen molar-refractivity contribution < 1.29 is 13.9 Å². The van der Waals surface area contributed by atoms with E-state index in [4.69, 9.17) is 9.15 Å². The normalized spacial score (nSPS) is 14.7. The minimum absolute atomic E-state index is 0.0869. The molecule has 1 amide bonds. The molecule has 5 nitrogen and oxygen atoms in total. The van der Waals surface area contributed by atoms with Crippen molar-refractivity contribution in [1.82, 2.24) is 0 Å². The molecule has 0 saturated heterocycles. The Kier molecular flexibility index (Phi) is 5.81. The zero-order chi connectivity index (χ0) is 25.4. The molecule has 6 rings (SSSR count). The summed E-state index contributed by atoms with van der Waals surface area (Å²) in [5.74, 6) is 0.417. The molecule has 1 aliphatic rings. The van der Waals surface area contributed by atoms with Crippen LogP contribution >= 0.6 is 0 Å². The van der Waals surface area contributed by atoms with Gasteiger partial charge >= 0.3 is 0 Å². The number of carbonyl (C=O) groups is 1. The van der Waals surface area contributed by atoms with E-state index in [1.54, 1.807) is 29.2 Å². The van der Waals surface area contributed by atoms with Crippen LogP contribution in [0.2, 0.25) is 0 Å². The predicted molar refractivity (Wildman–Crippen MR) is 144 cm³/mol. The minimum atomic E-state index is -0.642. The molecule has 0 bridgehead atoms. The van der Waals surface area contributed by atoms with Crippen molar-refractivity contribution in [2.24, 2.45) is 0 Å². The Labute approximate surface area is 214 Å². The molecule has 0 spiro atoms. The summed E-state index contributed by atoms with van der Waals surface area (Å²) < 4.78 is 12.1. The third-order valence-electron chi connectivity index (χ3n) is 6.82. The molecule has 2 heterocycles. The van der Waals surface area contributed by atoms with Gasteiger partial charge in [0.2, 0.25) is 5.76 Å². The second-order valence-corrected chi connectivity index (χ2v) is 9.11. The summed E-state index contributed by atoms with van der Waals surface area (Å²) in [6.07, 6.45) is 0.893. The molecule has 1 atom stereocenters. The van der Waals surface area contributed by atoms with Crippen molar-refractivity contribution in [3.05, 3.63) is 141 Å². The van der Waals surface area contributed by atoms with Crippen LogP contribution in [0.3, 0.4) is 0 Å². The molecular formula is C32H25NO4. The second kappa shape index (κ2) is 9.43. The van der Waals surface area contributed by atoms with Gasteiger partial charge in [-0.15, -0.1) is 0 Å². The van der Waals surface area contributed by atoms with Crippen molar-refractivity contribution in [2.75, 3.05) is 4.90 Å². The van der Waals surface area contributed by atoms with Crippen LogP contribution in [0.5, 0.6) is 5.75 Å². The molecule has 4 aromatic carbocycles. The van der Waals surface area contributed by atoms with Gasteiger partial charge in [0.05, 0.1) is 17.0 Å². The second-order valence-electron chi connectivity index (χ2n) is 9.11. The molecule has 0 radical (unpaired) electrons. The van der Waals surface area contributed by atoms with Crippen molar-refractivity contribution in [3.63, 3.8) is 0 Å². The largest absolute Gasteiger partial charge is 0.489 e. The number of aryl methyl sites for hydroxylation is 1. The van der Waals surface area contributed by atoms with Gasteiger partial charge in [-0.25, -0.2) is 0 Å². The average Bonchev–Trinajstić information content (AvgIpc) is 3.25. The van der Waals surface area contributed by atoms with Gasteiger partial charge < -0.3 is 9.15 Å². The molecular weight excluding hydrogens is 462 g/mol. The molecule has 0 N–H and O–H groups in total. The van der Waals surface area contributed by atoms with Crippen LogP contribution in [0, 0.1) is 0 Å². The maximum atomic E-state index is 13.8. The summed E-state index contributed by atoms with van der Waals surface area (Å²) in [5, 5.41) is 0.457.